The molecule has 0 aromatic rings. The molecule has 6 heteroatoms. The maximum Gasteiger partial charge on any atom is 0 e. The zero-order chi connectivity index (χ0) is 7.52. The number of hydrogen-bond acceptors (Lipinski definition) is 0. The van der Waals surface area contributed by atoms with Crippen molar-refractivity contribution in [3.8, 4) is 0 Å². The van der Waals surface area contributed by atoms with Crippen LogP contribution in [0.15, 0.2) is 0 Å². The molecule has 1 aliphatic heterocycles. The molecular formula is C11H21NVW3Y-2. The molecule has 1 saturated carbocycles. The second-order valence-corrected chi connectivity index (χ2v) is 4.08. The van der Waals surface area contributed by atoms with Crippen LogP contribution in [-0.4, -0.2) is 13.1 Å². The topological polar surface area (TPSA) is 14.1 Å². The molecule has 2 rings (SSSR count). The van der Waals surface area contributed by atoms with Crippen LogP contribution < -0.4 is 0 Å². The number of fused-ring (bicyclic) bond motifs is 1. The van der Waals surface area contributed by atoms with Gasteiger partial charge in [0.1, 0.15) is 0 Å². The Bertz CT molecular complexity index is 130. The molecule has 1 aliphatic carbocycles. The Balaban J connectivity index is -0.0000000800. The normalized spacial score (nSPS) is 25.4. The first-order valence-electron chi connectivity index (χ1n) is 5.10. The molecule has 0 amide bonds. The summed E-state index contributed by atoms with van der Waals surface area (Å²) >= 11 is 0. The molecule has 2 unspecified atom stereocenters. The minimum Gasteiger partial charge on any atom is -0.662 e. The molecule has 1 saturated heterocycles. The van der Waals surface area contributed by atoms with Crippen LogP contribution in [0.5, 0.6) is 0 Å². The summed E-state index contributed by atoms with van der Waals surface area (Å²) in [6.07, 6.45) is 8.75. The first-order chi connectivity index (χ1) is 5.47. The Hall–Kier alpha value is 3.71. The Labute approximate surface area is 187 Å². The molecule has 0 N–H and O–H groups in total. The third kappa shape index (κ3) is 12.0. The fraction of sp³-hybridized carbons (Fsp3) is 0.909. The van der Waals surface area contributed by atoms with Gasteiger partial charge in [-0.1, -0.05) is 44.4 Å². The third-order valence-corrected chi connectivity index (χ3v) is 3.32. The van der Waals surface area contributed by atoms with E-state index in [4.69, 9.17) is 0 Å². The average molecular weight is 859 g/mol. The van der Waals surface area contributed by atoms with Crippen molar-refractivity contribution in [2.75, 3.05) is 13.1 Å². The fourth-order valence-corrected chi connectivity index (χ4v) is 2.63. The summed E-state index contributed by atoms with van der Waals surface area (Å²) in [6.45, 7) is 2.33. The van der Waals surface area contributed by atoms with Crippen molar-refractivity contribution in [3.63, 3.8) is 0 Å². The van der Waals surface area contributed by atoms with Crippen LogP contribution in [0, 0.1) is 19.3 Å². The van der Waals surface area contributed by atoms with Crippen molar-refractivity contribution < 1.29 is 114 Å². The Morgan fingerprint density at radius 3 is 1.82 bits per heavy atom. The maximum absolute atomic E-state index is 4.56. The summed E-state index contributed by atoms with van der Waals surface area (Å²) in [5.41, 5.74) is 0. The van der Waals surface area contributed by atoms with Crippen LogP contribution in [0.4, 0.5) is 0 Å². The first kappa shape index (κ1) is 32.6. The van der Waals surface area contributed by atoms with Crippen LogP contribution in [0.1, 0.15) is 38.5 Å². The van der Waals surface area contributed by atoms with Gasteiger partial charge in [-0.3, -0.25) is 0 Å². The zero-order valence-electron chi connectivity index (χ0n) is 10.5. The Morgan fingerprint density at radius 1 is 0.765 bits per heavy atom. The second kappa shape index (κ2) is 19.7. The van der Waals surface area contributed by atoms with Crippen LogP contribution in [0.3, 0.4) is 0 Å². The predicted octanol–water partition coefficient (Wildman–Crippen LogP) is 3.40. The van der Waals surface area contributed by atoms with E-state index in [1.165, 1.54) is 45.1 Å². The van der Waals surface area contributed by atoms with Crippen molar-refractivity contribution in [1.29, 1.82) is 0 Å². The van der Waals surface area contributed by atoms with Gasteiger partial charge >= 0.3 is 0 Å². The van der Waals surface area contributed by atoms with E-state index < -0.39 is 0 Å². The van der Waals surface area contributed by atoms with Gasteiger partial charge < -0.3 is 12.7 Å². The van der Waals surface area contributed by atoms with Crippen LogP contribution in [-0.2, 0) is 114 Å². The summed E-state index contributed by atoms with van der Waals surface area (Å²) in [6, 6.07) is 0. The molecule has 2 aliphatic rings. The molecule has 0 aromatic heterocycles. The van der Waals surface area contributed by atoms with E-state index in [-0.39, 0.29) is 122 Å². The van der Waals surface area contributed by atoms with E-state index in [9.17, 15) is 0 Å². The minimum atomic E-state index is 0. The number of rotatable bonds is 0. The van der Waals surface area contributed by atoms with Gasteiger partial charge in [-0.25, -0.2) is 0 Å². The number of hydrogen-bond donors (Lipinski definition) is 0. The van der Waals surface area contributed by atoms with Gasteiger partial charge in [0.15, 0.2) is 0 Å². The summed E-state index contributed by atoms with van der Waals surface area (Å²) in [5, 5.41) is 4.56. The van der Waals surface area contributed by atoms with Gasteiger partial charge in [-0.15, -0.1) is 13.1 Å². The largest absolute Gasteiger partial charge is 0.662 e. The SMILES string of the molecule is C1CCC2C[N-]CCCC2C1.[CH3-].[V].[W].[W].[W].[Y]. The number of nitrogens with zero attached hydrogens (tertiary/aromatic N) is 1. The zero-order valence-corrected chi connectivity index (χ0v) is 23.5. The van der Waals surface area contributed by atoms with Crippen molar-refractivity contribution in [2.45, 2.75) is 38.5 Å². The van der Waals surface area contributed by atoms with Gasteiger partial charge in [-0.2, -0.15) is 0 Å². The predicted molar refractivity (Wildman–Crippen MR) is 54.2 cm³/mol. The van der Waals surface area contributed by atoms with Crippen LogP contribution in [0.2, 0.25) is 0 Å². The standard InChI is InChI=1S/C10H18N.CH3.V.3W.Y/c1-2-5-10-8-11-7-3-6-9(10)4-1;;;;;;/h9-10H,1-8H2;1H3;;;;;/q2*-1;;;;;. The fourth-order valence-electron chi connectivity index (χ4n) is 2.63. The molecular weight excluding hydrogens is 837 g/mol. The molecule has 17 heavy (non-hydrogen) atoms. The summed E-state index contributed by atoms with van der Waals surface area (Å²) in [5.74, 6) is 2.03. The molecule has 0 spiro atoms. The van der Waals surface area contributed by atoms with Crippen molar-refractivity contribution in [2.24, 2.45) is 11.8 Å². The monoisotopic (exact) mass is 859 g/mol. The van der Waals surface area contributed by atoms with Gasteiger partial charge in [-0.05, 0) is 5.92 Å². The quantitative estimate of drug-likeness (QED) is 0.333. The van der Waals surface area contributed by atoms with Crippen LogP contribution in [0.25, 0.3) is 5.32 Å². The third-order valence-electron chi connectivity index (χ3n) is 3.32. The van der Waals surface area contributed by atoms with Crippen LogP contribution >= 0.6 is 0 Å². The van der Waals surface area contributed by atoms with Gasteiger partial charge in [0, 0.05) is 114 Å². The molecule has 1 heterocycles. The summed E-state index contributed by atoms with van der Waals surface area (Å²) < 4.78 is 0. The molecule has 1 nitrogen and oxygen atoms in total. The van der Waals surface area contributed by atoms with E-state index in [0.29, 0.717) is 0 Å². The molecule has 0 aromatic carbocycles. The van der Waals surface area contributed by atoms with E-state index in [2.05, 4.69) is 5.32 Å². The van der Waals surface area contributed by atoms with E-state index in [1.54, 1.807) is 0 Å². The minimum absolute atomic E-state index is 0. The summed E-state index contributed by atoms with van der Waals surface area (Å²) in [4.78, 5) is 0. The van der Waals surface area contributed by atoms with E-state index in [0.717, 1.165) is 18.4 Å². The van der Waals surface area contributed by atoms with Gasteiger partial charge in [0.25, 0.3) is 0 Å². The summed E-state index contributed by atoms with van der Waals surface area (Å²) in [7, 11) is 0. The molecule has 2 radical (unpaired) electrons. The molecule has 98 valence electrons. The average Bonchev–Trinajstić information content (AvgIpc) is 2.28. The van der Waals surface area contributed by atoms with Gasteiger partial charge in [0.2, 0.25) is 0 Å². The molecule has 0 bridgehead atoms. The smallest absolute Gasteiger partial charge is 0 e. The van der Waals surface area contributed by atoms with Gasteiger partial charge in [0.05, 0.1) is 0 Å². The van der Waals surface area contributed by atoms with E-state index in [1.807, 2.05) is 0 Å². The Morgan fingerprint density at radius 2 is 1.24 bits per heavy atom. The second-order valence-electron chi connectivity index (χ2n) is 4.08. The van der Waals surface area contributed by atoms with E-state index >= 15 is 0 Å². The molecule has 2 fully saturated rings. The molecule has 2 atom stereocenters. The van der Waals surface area contributed by atoms with Crippen molar-refractivity contribution in [1.82, 2.24) is 0 Å². The first-order valence-corrected chi connectivity index (χ1v) is 5.10. The Kier molecular flexibility index (Phi) is 37.8. The van der Waals surface area contributed by atoms with Crippen molar-refractivity contribution in [3.05, 3.63) is 12.7 Å². The maximum atomic E-state index is 4.56. The van der Waals surface area contributed by atoms with Crippen molar-refractivity contribution >= 4 is 0 Å².